The van der Waals surface area contributed by atoms with Gasteiger partial charge in [0.05, 0.1) is 34.5 Å². The van der Waals surface area contributed by atoms with Gasteiger partial charge >= 0.3 is 0 Å². The maximum Gasteiger partial charge on any atom is 0.256 e. The second-order valence-corrected chi connectivity index (χ2v) is 11.7. The van der Waals surface area contributed by atoms with Crippen LogP contribution in [0.2, 0.25) is 0 Å². The van der Waals surface area contributed by atoms with E-state index in [0.29, 0.717) is 35.7 Å². The molecule has 0 aromatic carbocycles. The van der Waals surface area contributed by atoms with E-state index in [4.69, 9.17) is 0 Å². The van der Waals surface area contributed by atoms with Gasteiger partial charge in [-0.25, -0.2) is 32.2 Å². The number of hydrogen-bond acceptors (Lipinski definition) is 9. The first-order valence-electron chi connectivity index (χ1n) is 11.8. The molecule has 5 rings (SSSR count). The summed E-state index contributed by atoms with van der Waals surface area (Å²) in [6.45, 7) is 3.81. The quantitative estimate of drug-likeness (QED) is 0.378. The third kappa shape index (κ3) is 5.53. The van der Waals surface area contributed by atoms with Crippen molar-refractivity contribution in [3.05, 3.63) is 42.5 Å². The maximum absolute atomic E-state index is 13.2. The smallest absolute Gasteiger partial charge is 0.256 e. The molecule has 3 aromatic rings. The lowest BCUT2D eigenvalue weighted by Crippen LogP contribution is -2.50. The number of anilines is 3. The Labute approximate surface area is 212 Å². The van der Waals surface area contributed by atoms with Crippen molar-refractivity contribution in [2.24, 2.45) is 0 Å². The van der Waals surface area contributed by atoms with Crippen LogP contribution in [0.3, 0.4) is 0 Å². The fraction of sp³-hybridized carbons (Fsp3) is 0.435. The number of carbonyl (C=O) groups is 1. The zero-order valence-corrected chi connectivity index (χ0v) is 21.0. The van der Waals surface area contributed by atoms with E-state index >= 15 is 0 Å². The lowest BCUT2D eigenvalue weighted by atomic mass is 9.88. The molecule has 0 radical (unpaired) electrons. The molecule has 3 heterocycles. The largest absolute Gasteiger partial charge is 0.382 e. The highest BCUT2D eigenvalue weighted by Gasteiger charge is 2.46. The van der Waals surface area contributed by atoms with E-state index in [1.807, 2.05) is 13.8 Å². The Kier molecular flexibility index (Phi) is 6.30. The van der Waals surface area contributed by atoms with Gasteiger partial charge in [-0.3, -0.25) is 4.79 Å². The minimum atomic E-state index is -3.50. The van der Waals surface area contributed by atoms with Crippen molar-refractivity contribution >= 4 is 33.3 Å². The fourth-order valence-electron chi connectivity index (χ4n) is 3.94. The standard InChI is InChI=1S/C23H26F2N8O3S/c1-13(2)29-18-7-20(27-11-17(18)22(34)30-15-8-23(24,25)9-15)31-19-5-6-26-21(32-19)14-10-28-33(12-14)37(35,36)16-3-4-16/h5-7,10-13,15-16H,3-4,8-9H2,1-2H3,(H,30,34)(H2,26,27,29,31,32). The lowest BCUT2D eigenvalue weighted by molar-refractivity contribution is -0.0901. The number of aromatic nitrogens is 5. The van der Waals surface area contributed by atoms with Crippen LogP contribution in [0.1, 0.15) is 49.9 Å². The topological polar surface area (TPSA) is 144 Å². The molecule has 3 N–H and O–H groups in total. The van der Waals surface area contributed by atoms with E-state index in [0.717, 1.165) is 4.09 Å². The zero-order valence-electron chi connectivity index (χ0n) is 20.1. The highest BCUT2D eigenvalue weighted by atomic mass is 32.2. The highest BCUT2D eigenvalue weighted by molar-refractivity contribution is 7.90. The van der Waals surface area contributed by atoms with Crippen LogP contribution >= 0.6 is 0 Å². The molecule has 0 unspecified atom stereocenters. The second-order valence-electron chi connectivity index (χ2n) is 9.59. The molecule has 196 valence electrons. The summed E-state index contributed by atoms with van der Waals surface area (Å²) in [6.07, 6.45) is 6.18. The first-order chi connectivity index (χ1) is 17.5. The van der Waals surface area contributed by atoms with Gasteiger partial charge in [-0.2, -0.15) is 9.19 Å². The Bertz CT molecular complexity index is 1430. The van der Waals surface area contributed by atoms with Crippen molar-refractivity contribution in [2.45, 2.75) is 62.8 Å². The molecular weight excluding hydrogens is 506 g/mol. The first kappa shape index (κ1) is 25.0. The number of amides is 1. The number of nitrogens with one attached hydrogen (secondary N) is 3. The Balaban J connectivity index is 1.33. The third-order valence-corrected chi connectivity index (χ3v) is 7.99. The molecule has 14 heteroatoms. The summed E-state index contributed by atoms with van der Waals surface area (Å²) in [5.74, 6) is -2.17. The van der Waals surface area contributed by atoms with Crippen molar-refractivity contribution in [3.8, 4) is 11.4 Å². The van der Waals surface area contributed by atoms with E-state index in [2.05, 4.69) is 36.0 Å². The van der Waals surface area contributed by atoms with Gasteiger partial charge in [0, 0.05) is 43.4 Å². The highest BCUT2D eigenvalue weighted by Crippen LogP contribution is 2.37. The van der Waals surface area contributed by atoms with Crippen LogP contribution in [0.5, 0.6) is 0 Å². The van der Waals surface area contributed by atoms with Crippen molar-refractivity contribution in [1.29, 1.82) is 0 Å². The van der Waals surface area contributed by atoms with E-state index in [1.165, 1.54) is 24.8 Å². The molecule has 0 bridgehead atoms. The molecule has 0 atom stereocenters. The fourth-order valence-corrected chi connectivity index (χ4v) is 5.41. The predicted octanol–water partition coefficient (Wildman–Crippen LogP) is 3.17. The van der Waals surface area contributed by atoms with Crippen LogP contribution in [-0.4, -0.2) is 61.7 Å². The Morgan fingerprint density at radius 3 is 2.59 bits per heavy atom. The summed E-state index contributed by atoms with van der Waals surface area (Å²) >= 11 is 0. The number of alkyl halides is 2. The molecule has 2 saturated carbocycles. The minimum Gasteiger partial charge on any atom is -0.382 e. The van der Waals surface area contributed by atoms with Gasteiger partial charge in [0.2, 0.25) is 0 Å². The molecule has 1 amide bonds. The van der Waals surface area contributed by atoms with E-state index in [1.54, 1.807) is 12.1 Å². The predicted molar refractivity (Wildman–Crippen MR) is 132 cm³/mol. The number of rotatable bonds is 9. The normalized spacial score (nSPS) is 17.3. The van der Waals surface area contributed by atoms with Crippen LogP contribution in [0.15, 0.2) is 36.9 Å². The SMILES string of the molecule is CC(C)Nc1cc(Nc2ccnc(-c3cnn(S(=O)(=O)C4CC4)c3)n2)ncc1C(=O)NC1CC(F)(F)C1. The molecule has 3 aromatic heterocycles. The van der Waals surface area contributed by atoms with Crippen molar-refractivity contribution in [3.63, 3.8) is 0 Å². The van der Waals surface area contributed by atoms with Crippen molar-refractivity contribution in [1.82, 2.24) is 29.5 Å². The van der Waals surface area contributed by atoms with Gasteiger partial charge in [-0.05, 0) is 32.8 Å². The maximum atomic E-state index is 13.2. The van der Waals surface area contributed by atoms with Gasteiger partial charge in [0.1, 0.15) is 11.6 Å². The van der Waals surface area contributed by atoms with Crippen LogP contribution in [-0.2, 0) is 10.0 Å². The van der Waals surface area contributed by atoms with E-state index < -0.39 is 33.1 Å². The summed E-state index contributed by atoms with van der Waals surface area (Å²) in [5, 5.41) is 12.4. The van der Waals surface area contributed by atoms with Gasteiger partial charge in [-0.1, -0.05) is 0 Å². The Morgan fingerprint density at radius 1 is 1.16 bits per heavy atom. The monoisotopic (exact) mass is 532 g/mol. The number of carbonyl (C=O) groups excluding carboxylic acids is 1. The number of pyridine rings is 1. The van der Waals surface area contributed by atoms with E-state index in [-0.39, 0.29) is 30.3 Å². The summed E-state index contributed by atoms with van der Waals surface area (Å²) in [4.78, 5) is 25.7. The number of halogens is 2. The van der Waals surface area contributed by atoms with Crippen LogP contribution < -0.4 is 16.0 Å². The average Bonchev–Trinajstić information content (AvgIpc) is 3.55. The summed E-state index contributed by atoms with van der Waals surface area (Å²) in [5.41, 5.74) is 1.16. The minimum absolute atomic E-state index is 0.0102. The summed E-state index contributed by atoms with van der Waals surface area (Å²) < 4.78 is 52.1. The molecule has 0 spiro atoms. The third-order valence-electron chi connectivity index (χ3n) is 5.95. The molecule has 0 aliphatic heterocycles. The Morgan fingerprint density at radius 2 is 1.92 bits per heavy atom. The summed E-state index contributed by atoms with van der Waals surface area (Å²) in [7, 11) is -3.50. The molecule has 2 fully saturated rings. The second kappa shape index (κ2) is 9.32. The van der Waals surface area contributed by atoms with Gasteiger partial charge in [0.15, 0.2) is 5.82 Å². The lowest BCUT2D eigenvalue weighted by Gasteiger charge is -2.35. The Hall–Kier alpha value is -3.68. The summed E-state index contributed by atoms with van der Waals surface area (Å²) in [6, 6.07) is 2.66. The first-order valence-corrected chi connectivity index (χ1v) is 13.4. The number of hydrogen-bond donors (Lipinski definition) is 3. The van der Waals surface area contributed by atoms with Crippen molar-refractivity contribution in [2.75, 3.05) is 10.6 Å². The van der Waals surface area contributed by atoms with Crippen LogP contribution in [0, 0.1) is 0 Å². The average molecular weight is 533 g/mol. The van der Waals surface area contributed by atoms with Gasteiger partial charge in [0.25, 0.3) is 21.9 Å². The molecular formula is C23H26F2N8O3S. The number of nitrogens with zero attached hydrogens (tertiary/aromatic N) is 5. The van der Waals surface area contributed by atoms with E-state index in [9.17, 15) is 22.0 Å². The zero-order chi connectivity index (χ0) is 26.4. The molecule has 0 saturated heterocycles. The molecule has 37 heavy (non-hydrogen) atoms. The van der Waals surface area contributed by atoms with Gasteiger partial charge < -0.3 is 16.0 Å². The molecule has 11 nitrogen and oxygen atoms in total. The molecule has 2 aliphatic carbocycles. The van der Waals surface area contributed by atoms with Crippen LogP contribution in [0.4, 0.5) is 26.1 Å². The van der Waals surface area contributed by atoms with Gasteiger partial charge in [-0.15, -0.1) is 0 Å². The van der Waals surface area contributed by atoms with Crippen molar-refractivity contribution < 1.29 is 22.0 Å². The molecule has 2 aliphatic rings. The van der Waals surface area contributed by atoms with Crippen LogP contribution in [0.25, 0.3) is 11.4 Å².